The molecule has 3 aromatic rings. The molecule has 2 aromatic carbocycles. The number of ether oxygens (including phenoxy) is 1. The molecule has 39 heavy (non-hydrogen) atoms. The first-order valence-electron chi connectivity index (χ1n) is 11.4. The van der Waals surface area contributed by atoms with Gasteiger partial charge in [0.05, 0.1) is 31.0 Å². The van der Waals surface area contributed by atoms with Crippen LogP contribution in [0.15, 0.2) is 60.0 Å². The summed E-state index contributed by atoms with van der Waals surface area (Å²) in [6, 6.07) is 12.7. The predicted molar refractivity (Wildman–Crippen MR) is 138 cm³/mol. The number of hydrogen-bond donors (Lipinski definition) is 4. The van der Waals surface area contributed by atoms with E-state index in [0.717, 1.165) is 24.0 Å². The van der Waals surface area contributed by atoms with E-state index in [1.807, 2.05) is 4.72 Å². The van der Waals surface area contributed by atoms with Crippen molar-refractivity contribution in [2.24, 2.45) is 0 Å². The molecule has 3 rings (SSSR count). The first-order valence-corrected chi connectivity index (χ1v) is 13.7. The maximum absolute atomic E-state index is 13.4. The highest BCUT2D eigenvalue weighted by atomic mass is 32.2. The van der Waals surface area contributed by atoms with E-state index in [1.54, 1.807) is 36.4 Å². The summed E-state index contributed by atoms with van der Waals surface area (Å²) in [6.45, 7) is 0. The summed E-state index contributed by atoms with van der Waals surface area (Å²) in [5.41, 5.74) is 1.02. The third-order valence-corrected chi connectivity index (χ3v) is 6.76. The number of hydrogen-bond acceptors (Lipinski definition) is 7. The minimum atomic E-state index is -4.55. The summed E-state index contributed by atoms with van der Waals surface area (Å²) in [6.07, 6.45) is -6.49. The number of alkyl carbamates (subject to hydrolysis) is 1. The predicted octanol–water partition coefficient (Wildman–Crippen LogP) is 3.83. The average molecular weight is 587 g/mol. The second-order valence-electron chi connectivity index (χ2n) is 8.39. The smallest absolute Gasteiger partial charge is 0.407 e. The number of carbonyl (C=O) groups is 2. The molecule has 0 aliphatic rings. The quantitative estimate of drug-likeness (QED) is 0.250. The van der Waals surface area contributed by atoms with Crippen LogP contribution in [-0.4, -0.2) is 49.3 Å². The Kier molecular flexibility index (Phi) is 9.88. The van der Waals surface area contributed by atoms with Gasteiger partial charge < -0.3 is 15.4 Å². The number of carbonyl (C=O) groups excluding carboxylic acids is 2. The Bertz CT molecular complexity index is 1380. The molecule has 0 fully saturated rings. The summed E-state index contributed by atoms with van der Waals surface area (Å²) in [7, 11) is -3.41. The van der Waals surface area contributed by atoms with Crippen molar-refractivity contribution in [1.82, 2.24) is 15.6 Å². The first kappa shape index (κ1) is 29.9. The van der Waals surface area contributed by atoms with E-state index in [9.17, 15) is 31.2 Å². The number of nitrogens with zero attached hydrogens (tertiary/aromatic N) is 1. The average Bonchev–Trinajstić information content (AvgIpc) is 3.29. The molecule has 2 atom stereocenters. The molecule has 210 valence electrons. The minimum Gasteiger partial charge on any atom is -0.453 e. The molecular formula is C24H25F3N4O6S2. The number of benzene rings is 2. The van der Waals surface area contributed by atoms with E-state index in [4.69, 9.17) is 4.55 Å². The lowest BCUT2D eigenvalue weighted by molar-refractivity contribution is -0.128. The van der Waals surface area contributed by atoms with Gasteiger partial charge in [0.1, 0.15) is 11.0 Å². The SMILES string of the molecule is COC(=O)N[C@@H](Cc1ccccc1)C(=O)NC(Cc1cccc(NS(=O)(=O)O)c1)c1nc(CC(F)(F)F)cs1. The van der Waals surface area contributed by atoms with E-state index in [2.05, 4.69) is 20.4 Å². The number of halogens is 3. The molecule has 0 spiro atoms. The van der Waals surface area contributed by atoms with Gasteiger partial charge in [-0.1, -0.05) is 42.5 Å². The zero-order valence-electron chi connectivity index (χ0n) is 20.4. The van der Waals surface area contributed by atoms with Gasteiger partial charge in [-0.3, -0.25) is 14.1 Å². The normalized spacial score (nSPS) is 13.3. The fourth-order valence-corrected chi connectivity index (χ4v) is 4.94. The van der Waals surface area contributed by atoms with Crippen molar-refractivity contribution in [2.45, 2.75) is 37.5 Å². The Balaban J connectivity index is 1.90. The summed E-state index contributed by atoms with van der Waals surface area (Å²) < 4.78 is 76.8. The lowest BCUT2D eigenvalue weighted by Crippen LogP contribution is -2.49. The van der Waals surface area contributed by atoms with E-state index < -0.39 is 47.0 Å². The van der Waals surface area contributed by atoms with Crippen molar-refractivity contribution in [1.29, 1.82) is 0 Å². The molecule has 0 aliphatic heterocycles. The Morgan fingerprint density at radius 1 is 1.05 bits per heavy atom. The highest BCUT2D eigenvalue weighted by Gasteiger charge is 2.31. The van der Waals surface area contributed by atoms with Gasteiger partial charge in [-0.2, -0.15) is 21.6 Å². The van der Waals surface area contributed by atoms with Gasteiger partial charge in [-0.15, -0.1) is 11.3 Å². The number of anilines is 1. The first-order chi connectivity index (χ1) is 18.3. The van der Waals surface area contributed by atoms with Crippen LogP contribution in [0, 0.1) is 0 Å². The van der Waals surface area contributed by atoms with E-state index in [-0.39, 0.29) is 29.2 Å². The fourth-order valence-electron chi connectivity index (χ4n) is 3.65. The van der Waals surface area contributed by atoms with Gasteiger partial charge in [-0.25, -0.2) is 9.78 Å². The molecule has 0 bridgehead atoms. The summed E-state index contributed by atoms with van der Waals surface area (Å²) in [5, 5.41) is 6.62. The number of nitrogens with one attached hydrogen (secondary N) is 3. The highest BCUT2D eigenvalue weighted by molar-refractivity contribution is 7.87. The number of alkyl halides is 3. The van der Waals surface area contributed by atoms with Gasteiger partial charge in [0.25, 0.3) is 0 Å². The number of amides is 2. The lowest BCUT2D eigenvalue weighted by Gasteiger charge is -2.22. The standard InChI is InChI=1S/C24H25F3N4O6S2/c1-37-23(33)30-19(11-15-6-3-2-4-7-15)21(32)29-20(22-28-18(14-38-22)13-24(25,26)27)12-16-8-5-9-17(10-16)31-39(34,35)36/h2-10,14,19-20,31H,11-13H2,1H3,(H,29,32)(H,30,33)(H,34,35,36)/t19-,20?/m0/s1. The number of rotatable bonds is 11. The Hall–Kier alpha value is -3.69. The van der Waals surface area contributed by atoms with Crippen LogP contribution in [0.2, 0.25) is 0 Å². The van der Waals surface area contributed by atoms with E-state index in [1.165, 1.54) is 23.6 Å². The second kappa shape index (κ2) is 12.9. The van der Waals surface area contributed by atoms with Crippen molar-refractivity contribution in [2.75, 3.05) is 11.8 Å². The summed E-state index contributed by atoms with van der Waals surface area (Å²) >= 11 is 0.919. The Morgan fingerprint density at radius 2 is 1.74 bits per heavy atom. The molecule has 15 heteroatoms. The monoisotopic (exact) mass is 586 g/mol. The number of methoxy groups -OCH3 is 1. The maximum Gasteiger partial charge on any atom is 0.407 e. The fraction of sp³-hybridized carbons (Fsp3) is 0.292. The summed E-state index contributed by atoms with van der Waals surface area (Å²) in [4.78, 5) is 29.4. The molecule has 10 nitrogen and oxygen atoms in total. The largest absolute Gasteiger partial charge is 0.453 e. The van der Waals surface area contributed by atoms with Crippen molar-refractivity contribution in [3.8, 4) is 0 Å². The minimum absolute atomic E-state index is 0.00197. The second-order valence-corrected chi connectivity index (χ2v) is 10.4. The maximum atomic E-state index is 13.4. The van der Waals surface area contributed by atoms with Gasteiger partial charge in [0.2, 0.25) is 5.91 Å². The van der Waals surface area contributed by atoms with Gasteiger partial charge in [0, 0.05) is 11.8 Å². The van der Waals surface area contributed by atoms with Crippen LogP contribution in [0.25, 0.3) is 0 Å². The van der Waals surface area contributed by atoms with Crippen LogP contribution < -0.4 is 15.4 Å². The Morgan fingerprint density at radius 3 is 2.38 bits per heavy atom. The molecule has 0 saturated carbocycles. The van der Waals surface area contributed by atoms with Crippen molar-refractivity contribution >= 4 is 39.3 Å². The van der Waals surface area contributed by atoms with Crippen LogP contribution >= 0.6 is 11.3 Å². The molecule has 0 saturated heterocycles. The Labute approximate surface area is 226 Å². The zero-order valence-corrected chi connectivity index (χ0v) is 22.1. The number of thiazole rings is 1. The molecule has 1 heterocycles. The topological polar surface area (TPSA) is 147 Å². The van der Waals surface area contributed by atoms with E-state index >= 15 is 0 Å². The molecule has 0 aliphatic carbocycles. The van der Waals surface area contributed by atoms with Gasteiger partial charge >= 0.3 is 22.6 Å². The third-order valence-electron chi connectivity index (χ3n) is 5.26. The summed E-state index contributed by atoms with van der Waals surface area (Å²) in [5.74, 6) is -0.644. The molecular weight excluding hydrogens is 561 g/mol. The van der Waals surface area contributed by atoms with E-state index in [0.29, 0.717) is 5.56 Å². The van der Waals surface area contributed by atoms with Crippen LogP contribution in [-0.2, 0) is 39.1 Å². The molecule has 1 unspecified atom stereocenters. The third kappa shape index (κ3) is 10.2. The van der Waals surface area contributed by atoms with Gasteiger partial charge in [0.15, 0.2) is 0 Å². The molecule has 0 radical (unpaired) electrons. The molecule has 4 N–H and O–H groups in total. The van der Waals surface area contributed by atoms with Crippen molar-refractivity contribution < 1.29 is 40.5 Å². The number of aromatic nitrogens is 1. The van der Waals surface area contributed by atoms with Crippen LogP contribution in [0.1, 0.15) is 27.9 Å². The van der Waals surface area contributed by atoms with Crippen LogP contribution in [0.4, 0.5) is 23.7 Å². The van der Waals surface area contributed by atoms with Crippen LogP contribution in [0.3, 0.4) is 0 Å². The van der Waals surface area contributed by atoms with Crippen LogP contribution in [0.5, 0.6) is 0 Å². The highest BCUT2D eigenvalue weighted by Crippen LogP contribution is 2.27. The van der Waals surface area contributed by atoms with Gasteiger partial charge in [-0.05, 0) is 29.7 Å². The van der Waals surface area contributed by atoms with Crippen molar-refractivity contribution in [3.63, 3.8) is 0 Å². The lowest BCUT2D eigenvalue weighted by atomic mass is 10.0. The van der Waals surface area contributed by atoms with Crippen molar-refractivity contribution in [3.05, 3.63) is 81.8 Å². The zero-order chi connectivity index (χ0) is 28.6. The molecule has 2 amide bonds. The molecule has 1 aromatic heterocycles.